The summed E-state index contributed by atoms with van der Waals surface area (Å²) < 4.78 is 50.2. The summed E-state index contributed by atoms with van der Waals surface area (Å²) in [6.45, 7) is 0.228. The van der Waals surface area contributed by atoms with E-state index in [-0.39, 0.29) is 12.4 Å². The summed E-state index contributed by atoms with van der Waals surface area (Å²) in [5, 5.41) is 5.60. The van der Waals surface area contributed by atoms with Crippen LogP contribution >= 0.6 is 11.3 Å². The highest BCUT2D eigenvalue weighted by Crippen LogP contribution is 2.37. The van der Waals surface area contributed by atoms with Gasteiger partial charge in [0.05, 0.1) is 36.5 Å². The summed E-state index contributed by atoms with van der Waals surface area (Å²) in [6.07, 6.45) is 1.78. The highest BCUT2D eigenvalue weighted by atomic mass is 32.2. The molecule has 0 spiro atoms. The van der Waals surface area contributed by atoms with Gasteiger partial charge in [0.1, 0.15) is 29.4 Å². The van der Waals surface area contributed by atoms with E-state index in [0.717, 1.165) is 10.9 Å². The van der Waals surface area contributed by atoms with Gasteiger partial charge >= 0.3 is 0 Å². The summed E-state index contributed by atoms with van der Waals surface area (Å²) in [7, 11) is -0.313. The van der Waals surface area contributed by atoms with Crippen molar-refractivity contribution in [2.45, 2.75) is 17.3 Å². The van der Waals surface area contributed by atoms with Crippen LogP contribution in [0.1, 0.15) is 11.1 Å². The maximum Gasteiger partial charge on any atom is 0.294 e. The van der Waals surface area contributed by atoms with Gasteiger partial charge in [-0.15, -0.1) is 5.10 Å². The topological polar surface area (TPSA) is 105 Å². The minimum Gasteiger partial charge on any atom is -0.496 e. The molecular weight excluding hydrogens is 538 g/mol. The Morgan fingerprint density at radius 2 is 1.77 bits per heavy atom. The maximum absolute atomic E-state index is 12.8. The predicted octanol–water partition coefficient (Wildman–Crippen LogP) is 5.77. The van der Waals surface area contributed by atoms with E-state index in [1.54, 1.807) is 73.5 Å². The molecule has 3 aromatic heterocycles. The van der Waals surface area contributed by atoms with E-state index in [9.17, 15) is 8.42 Å². The molecule has 0 aliphatic heterocycles. The fourth-order valence-corrected chi connectivity index (χ4v) is 6.29. The normalized spacial score (nSPS) is 11.7. The maximum atomic E-state index is 12.8. The second-order valence-corrected chi connectivity index (χ2v) is 11.7. The smallest absolute Gasteiger partial charge is 0.294 e. The predicted molar refractivity (Wildman–Crippen MR) is 147 cm³/mol. The third kappa shape index (κ3) is 5.06. The first kappa shape index (κ1) is 25.0. The highest BCUT2D eigenvalue weighted by Gasteiger charge is 2.18. The Hall–Kier alpha value is -4.35. The monoisotopic (exact) mass is 561 g/mol. The first-order valence-electron chi connectivity index (χ1n) is 11.9. The van der Waals surface area contributed by atoms with Crippen molar-refractivity contribution in [3.63, 3.8) is 0 Å². The van der Waals surface area contributed by atoms with Crippen molar-refractivity contribution in [3.05, 3.63) is 90.1 Å². The van der Waals surface area contributed by atoms with Gasteiger partial charge in [-0.1, -0.05) is 42.5 Å². The summed E-state index contributed by atoms with van der Waals surface area (Å²) in [4.78, 5) is 5.58. The van der Waals surface area contributed by atoms with Gasteiger partial charge in [-0.2, -0.15) is 0 Å². The van der Waals surface area contributed by atoms with Gasteiger partial charge in [-0.25, -0.2) is 17.9 Å². The van der Waals surface area contributed by atoms with Crippen LogP contribution in [-0.4, -0.2) is 37.2 Å². The number of fused-ring (bicyclic) bond motifs is 2. The van der Waals surface area contributed by atoms with E-state index in [1.807, 2.05) is 24.3 Å². The number of hydrogen-bond acceptors (Lipinski definition) is 9. The molecule has 0 unspecified atom stereocenters. The Morgan fingerprint density at radius 3 is 2.54 bits per heavy atom. The van der Waals surface area contributed by atoms with Crippen molar-refractivity contribution in [3.8, 4) is 28.1 Å². The zero-order chi connectivity index (χ0) is 27.0. The lowest BCUT2D eigenvalue weighted by Gasteiger charge is -2.11. The van der Waals surface area contributed by atoms with Crippen molar-refractivity contribution in [2.75, 3.05) is 14.2 Å². The van der Waals surface area contributed by atoms with Gasteiger partial charge in [0, 0.05) is 12.1 Å². The van der Waals surface area contributed by atoms with E-state index in [0.29, 0.717) is 49.1 Å². The van der Waals surface area contributed by atoms with Crippen LogP contribution in [0.4, 0.5) is 0 Å². The van der Waals surface area contributed by atoms with Crippen LogP contribution in [0.25, 0.3) is 27.4 Å². The zero-order valence-corrected chi connectivity index (χ0v) is 22.7. The summed E-state index contributed by atoms with van der Waals surface area (Å²) in [5.41, 5.74) is 2.74. The number of nitrogens with zero attached hydrogens (tertiary/aromatic N) is 3. The van der Waals surface area contributed by atoms with E-state index in [4.69, 9.17) is 18.6 Å². The number of sulfone groups is 1. The number of benzene rings is 3. The number of imidazole rings is 1. The van der Waals surface area contributed by atoms with E-state index >= 15 is 0 Å². The fourth-order valence-electron chi connectivity index (χ4n) is 4.23. The average molecular weight is 562 g/mol. The number of furan rings is 1. The Kier molecular flexibility index (Phi) is 6.45. The second-order valence-electron chi connectivity index (χ2n) is 8.75. The van der Waals surface area contributed by atoms with Gasteiger partial charge in [-0.3, -0.25) is 0 Å². The molecule has 0 fully saturated rings. The first-order valence-corrected chi connectivity index (χ1v) is 14.4. The molecule has 0 radical (unpaired) electrons. The quantitative estimate of drug-likeness (QED) is 0.219. The zero-order valence-electron chi connectivity index (χ0n) is 21.0. The van der Waals surface area contributed by atoms with Crippen LogP contribution in [0.3, 0.4) is 0 Å². The van der Waals surface area contributed by atoms with Crippen LogP contribution in [0.15, 0.2) is 88.3 Å². The molecule has 0 amide bonds. The Labute approximate surface area is 228 Å². The summed E-state index contributed by atoms with van der Waals surface area (Å²) in [5.74, 6) is 1.62. The molecule has 0 atom stereocenters. The summed E-state index contributed by atoms with van der Waals surface area (Å²) >= 11 is 1.33. The van der Waals surface area contributed by atoms with Crippen LogP contribution in [0.2, 0.25) is 0 Å². The van der Waals surface area contributed by atoms with Gasteiger partial charge in [-0.05, 0) is 40.7 Å². The Morgan fingerprint density at radius 1 is 0.949 bits per heavy atom. The SMILES string of the molecule is COc1cc(OCc2cccc(CS(=O)(=O)c3ccccc3)c2)c2cc(-c3cn4nc(OC)sc4n3)oc2c1. The molecule has 6 rings (SSSR count). The average Bonchev–Trinajstić information content (AvgIpc) is 3.65. The molecule has 39 heavy (non-hydrogen) atoms. The third-order valence-corrected chi connectivity index (χ3v) is 8.69. The first-order chi connectivity index (χ1) is 18.9. The van der Waals surface area contributed by atoms with Crippen LogP contribution < -0.4 is 14.2 Å². The molecule has 11 heteroatoms. The molecule has 9 nitrogen and oxygen atoms in total. The molecule has 0 N–H and O–H groups in total. The highest BCUT2D eigenvalue weighted by molar-refractivity contribution is 7.90. The lowest BCUT2D eigenvalue weighted by Crippen LogP contribution is -2.05. The lowest BCUT2D eigenvalue weighted by molar-refractivity contribution is 0.307. The number of rotatable bonds is 9. The molecule has 6 aromatic rings. The van der Waals surface area contributed by atoms with Crippen LogP contribution in [-0.2, 0) is 22.2 Å². The van der Waals surface area contributed by atoms with Crippen LogP contribution in [0, 0.1) is 0 Å². The van der Waals surface area contributed by atoms with Gasteiger partial charge in [0.15, 0.2) is 15.6 Å². The van der Waals surface area contributed by atoms with E-state index in [2.05, 4.69) is 10.1 Å². The minimum absolute atomic E-state index is 0.0950. The van der Waals surface area contributed by atoms with Crippen molar-refractivity contribution >= 4 is 37.1 Å². The molecule has 0 saturated carbocycles. The second kappa shape index (κ2) is 10.1. The Balaban J connectivity index is 1.25. The molecule has 0 bridgehead atoms. The molecule has 3 aromatic carbocycles. The van der Waals surface area contributed by atoms with Crippen molar-refractivity contribution in [1.82, 2.24) is 14.6 Å². The fraction of sp³-hybridized carbons (Fsp3) is 0.143. The number of hydrogen-bond donors (Lipinski definition) is 0. The minimum atomic E-state index is -3.46. The van der Waals surface area contributed by atoms with Crippen LogP contribution in [0.5, 0.6) is 16.7 Å². The van der Waals surface area contributed by atoms with Gasteiger partial charge in [0.25, 0.3) is 5.19 Å². The van der Waals surface area contributed by atoms with E-state index in [1.165, 1.54) is 11.3 Å². The third-order valence-electron chi connectivity index (χ3n) is 6.11. The molecule has 198 valence electrons. The number of ether oxygens (including phenoxy) is 3. The lowest BCUT2D eigenvalue weighted by atomic mass is 10.1. The number of aromatic nitrogens is 3. The standard InChI is InChI=1S/C28H23N3O6S2/c1-34-20-12-24(22-14-26(37-25(22)13-20)23-15-31-27(29-23)38-28(30-31)35-2)36-16-18-7-6-8-19(11-18)17-39(32,33)21-9-4-3-5-10-21/h3-15H,16-17H2,1-2H3. The molecule has 0 saturated heterocycles. The van der Waals surface area contributed by atoms with Gasteiger partial charge < -0.3 is 18.6 Å². The Bertz CT molecular complexity index is 1860. The number of methoxy groups -OCH3 is 2. The van der Waals surface area contributed by atoms with Crippen molar-refractivity contribution in [2.24, 2.45) is 0 Å². The molecule has 3 heterocycles. The van der Waals surface area contributed by atoms with Crippen molar-refractivity contribution < 1.29 is 27.0 Å². The molecular formula is C28H23N3O6S2. The van der Waals surface area contributed by atoms with E-state index < -0.39 is 9.84 Å². The molecule has 0 aliphatic carbocycles. The largest absolute Gasteiger partial charge is 0.496 e. The van der Waals surface area contributed by atoms with Crippen molar-refractivity contribution in [1.29, 1.82) is 0 Å². The molecule has 0 aliphatic rings. The van der Waals surface area contributed by atoms with Gasteiger partial charge in [0.2, 0.25) is 4.96 Å². The summed E-state index contributed by atoms with van der Waals surface area (Å²) in [6, 6.07) is 21.3.